The lowest BCUT2D eigenvalue weighted by atomic mass is 9.92. The average Bonchev–Trinajstić information content (AvgIpc) is 2.59. The monoisotopic (exact) mass is 341 g/mol. The normalized spacial score (nSPS) is 16.1. The van der Waals surface area contributed by atoms with Gasteiger partial charge >= 0.3 is 0 Å². The zero-order chi connectivity index (χ0) is 15.9. The molecule has 1 heterocycles. The number of hydrogen-bond donors (Lipinski definition) is 3. The highest BCUT2D eigenvalue weighted by molar-refractivity contribution is 5.94. The fourth-order valence-electron chi connectivity index (χ4n) is 2.56. The van der Waals surface area contributed by atoms with Crippen LogP contribution in [0, 0.1) is 5.92 Å². The summed E-state index contributed by atoms with van der Waals surface area (Å²) in [6.45, 7) is 1.69. The molecule has 128 valence electrons. The maximum Gasteiger partial charge on any atom is 0.251 e. The Morgan fingerprint density at radius 3 is 2.70 bits per heavy atom. The number of amides is 2. The first-order valence-electron chi connectivity index (χ1n) is 7.54. The highest BCUT2D eigenvalue weighted by Gasteiger charge is 2.26. The topological polar surface area (TPSA) is 93.5 Å². The molecule has 0 saturated carbocycles. The molecule has 1 atom stereocenters. The number of nitrogens with two attached hydrogens (primary N) is 1. The highest BCUT2D eigenvalue weighted by Crippen LogP contribution is 2.17. The van der Waals surface area contributed by atoms with Crippen LogP contribution in [0.15, 0.2) is 24.3 Å². The van der Waals surface area contributed by atoms with Crippen LogP contribution in [0.4, 0.5) is 0 Å². The van der Waals surface area contributed by atoms with Crippen LogP contribution in [0.2, 0.25) is 0 Å². The van der Waals surface area contributed by atoms with Gasteiger partial charge in [-0.25, -0.2) is 0 Å². The first-order valence-corrected chi connectivity index (χ1v) is 7.54. The lowest BCUT2D eigenvalue weighted by molar-refractivity contribution is -0.124. The number of carbonyl (C=O) groups is 2. The Labute approximate surface area is 142 Å². The highest BCUT2D eigenvalue weighted by atomic mass is 35.5. The number of rotatable bonds is 5. The summed E-state index contributed by atoms with van der Waals surface area (Å²) < 4.78 is 5.28. The van der Waals surface area contributed by atoms with E-state index in [1.165, 1.54) is 0 Å². The van der Waals surface area contributed by atoms with Gasteiger partial charge < -0.3 is 21.1 Å². The smallest absolute Gasteiger partial charge is 0.251 e. The third-order valence-corrected chi connectivity index (χ3v) is 3.96. The van der Waals surface area contributed by atoms with Crippen LogP contribution < -0.4 is 16.4 Å². The lowest BCUT2D eigenvalue weighted by Gasteiger charge is -2.26. The minimum Gasteiger partial charge on any atom is -0.381 e. The Hall–Kier alpha value is -1.63. The molecule has 0 aliphatic carbocycles. The van der Waals surface area contributed by atoms with Crippen LogP contribution in [-0.4, -0.2) is 38.1 Å². The summed E-state index contributed by atoms with van der Waals surface area (Å²) in [7, 11) is 1.59. The molecule has 7 heteroatoms. The zero-order valence-electron chi connectivity index (χ0n) is 13.2. The summed E-state index contributed by atoms with van der Waals surface area (Å²) in [4.78, 5) is 23.7. The molecule has 1 aromatic carbocycles. The Morgan fingerprint density at radius 2 is 2.04 bits per heavy atom. The Kier molecular flexibility index (Phi) is 8.02. The number of ether oxygens (including phenoxy) is 1. The van der Waals surface area contributed by atoms with E-state index in [2.05, 4.69) is 10.6 Å². The molecule has 2 amide bonds. The van der Waals surface area contributed by atoms with E-state index in [0.717, 1.165) is 18.4 Å². The molecule has 1 fully saturated rings. The van der Waals surface area contributed by atoms with E-state index in [9.17, 15) is 9.59 Å². The molecule has 0 spiro atoms. The number of benzene rings is 1. The van der Waals surface area contributed by atoms with Crippen LogP contribution in [0.25, 0.3) is 0 Å². The fraction of sp³-hybridized carbons (Fsp3) is 0.500. The molecule has 1 unspecified atom stereocenters. The predicted molar refractivity (Wildman–Crippen MR) is 90.4 cm³/mol. The third kappa shape index (κ3) is 5.49. The molecule has 23 heavy (non-hydrogen) atoms. The second kappa shape index (κ2) is 9.50. The zero-order valence-corrected chi connectivity index (χ0v) is 14.0. The first kappa shape index (κ1) is 19.4. The van der Waals surface area contributed by atoms with Gasteiger partial charge in [-0.3, -0.25) is 9.59 Å². The van der Waals surface area contributed by atoms with E-state index in [0.29, 0.717) is 25.3 Å². The van der Waals surface area contributed by atoms with Crippen molar-refractivity contribution in [2.45, 2.75) is 25.4 Å². The van der Waals surface area contributed by atoms with Crippen LogP contribution >= 0.6 is 12.4 Å². The Bertz CT molecular complexity index is 533. The summed E-state index contributed by atoms with van der Waals surface area (Å²) in [5.74, 6) is -0.129. The minimum absolute atomic E-state index is 0. The molecule has 1 aliphatic heterocycles. The molecule has 2 rings (SSSR count). The van der Waals surface area contributed by atoms with Crippen molar-refractivity contribution < 1.29 is 14.3 Å². The second-order valence-corrected chi connectivity index (χ2v) is 5.47. The molecule has 0 aromatic heterocycles. The Balaban J connectivity index is 0.00000264. The van der Waals surface area contributed by atoms with Crippen LogP contribution in [0.5, 0.6) is 0 Å². The van der Waals surface area contributed by atoms with Crippen LogP contribution in [-0.2, 0) is 16.1 Å². The van der Waals surface area contributed by atoms with Crippen molar-refractivity contribution in [2.24, 2.45) is 11.7 Å². The average molecular weight is 342 g/mol. The lowest BCUT2D eigenvalue weighted by Crippen LogP contribution is -2.46. The standard InChI is InChI=1S/C16H23N3O3.ClH/c1-18-15(20)13-4-2-3-11(9-13)10-19-16(21)14(17)12-5-7-22-8-6-12;/h2-4,9,12,14H,5-8,10,17H2,1H3,(H,18,20)(H,19,21);1H. The van der Waals surface area contributed by atoms with Gasteiger partial charge in [0.25, 0.3) is 5.91 Å². The summed E-state index contributed by atoms with van der Waals surface area (Å²) in [6, 6.07) is 6.65. The summed E-state index contributed by atoms with van der Waals surface area (Å²) in [6.07, 6.45) is 1.64. The van der Waals surface area contributed by atoms with Gasteiger partial charge in [-0.05, 0) is 36.5 Å². The SMILES string of the molecule is CNC(=O)c1cccc(CNC(=O)C(N)C2CCOCC2)c1.Cl. The molecule has 4 N–H and O–H groups in total. The van der Waals surface area contributed by atoms with Gasteiger partial charge in [0, 0.05) is 32.4 Å². The van der Waals surface area contributed by atoms with Gasteiger partial charge in [-0.15, -0.1) is 12.4 Å². The van der Waals surface area contributed by atoms with Crippen molar-refractivity contribution in [2.75, 3.05) is 20.3 Å². The second-order valence-electron chi connectivity index (χ2n) is 5.47. The molecule has 6 nitrogen and oxygen atoms in total. The van der Waals surface area contributed by atoms with Gasteiger partial charge in [-0.1, -0.05) is 12.1 Å². The van der Waals surface area contributed by atoms with Gasteiger partial charge in [0.05, 0.1) is 6.04 Å². The molecule has 1 aromatic rings. The molecular formula is C16H24ClN3O3. The van der Waals surface area contributed by atoms with Crippen molar-refractivity contribution in [1.29, 1.82) is 0 Å². The van der Waals surface area contributed by atoms with E-state index in [1.54, 1.807) is 25.2 Å². The van der Waals surface area contributed by atoms with Crippen molar-refractivity contribution in [3.63, 3.8) is 0 Å². The summed E-state index contributed by atoms with van der Waals surface area (Å²) in [5.41, 5.74) is 7.47. The van der Waals surface area contributed by atoms with Crippen LogP contribution in [0.1, 0.15) is 28.8 Å². The minimum atomic E-state index is -0.508. The molecule has 0 radical (unpaired) electrons. The van der Waals surface area contributed by atoms with Crippen molar-refractivity contribution in [1.82, 2.24) is 10.6 Å². The molecule has 1 aliphatic rings. The summed E-state index contributed by atoms with van der Waals surface area (Å²) in [5, 5.41) is 5.42. The Morgan fingerprint density at radius 1 is 1.35 bits per heavy atom. The number of nitrogens with one attached hydrogen (secondary N) is 2. The first-order chi connectivity index (χ1) is 10.6. The number of hydrogen-bond acceptors (Lipinski definition) is 4. The quantitative estimate of drug-likeness (QED) is 0.739. The van der Waals surface area contributed by atoms with Gasteiger partial charge in [-0.2, -0.15) is 0 Å². The molecule has 1 saturated heterocycles. The van der Waals surface area contributed by atoms with E-state index < -0.39 is 6.04 Å². The predicted octanol–water partition coefficient (Wildman–Crippen LogP) is 0.838. The van der Waals surface area contributed by atoms with Crippen molar-refractivity contribution >= 4 is 24.2 Å². The molecular weight excluding hydrogens is 318 g/mol. The third-order valence-electron chi connectivity index (χ3n) is 3.96. The number of carbonyl (C=O) groups excluding carboxylic acids is 2. The van der Waals surface area contributed by atoms with Crippen molar-refractivity contribution in [3.05, 3.63) is 35.4 Å². The van der Waals surface area contributed by atoms with Crippen LogP contribution in [0.3, 0.4) is 0 Å². The maximum atomic E-state index is 12.1. The van der Waals surface area contributed by atoms with Crippen molar-refractivity contribution in [3.8, 4) is 0 Å². The van der Waals surface area contributed by atoms with E-state index in [4.69, 9.17) is 10.5 Å². The van der Waals surface area contributed by atoms with Gasteiger partial charge in [0.1, 0.15) is 0 Å². The fourth-order valence-corrected chi connectivity index (χ4v) is 2.56. The van der Waals surface area contributed by atoms with E-state index in [-0.39, 0.29) is 30.1 Å². The van der Waals surface area contributed by atoms with E-state index >= 15 is 0 Å². The maximum absolute atomic E-state index is 12.1. The number of halogens is 1. The summed E-state index contributed by atoms with van der Waals surface area (Å²) >= 11 is 0. The van der Waals surface area contributed by atoms with Gasteiger partial charge in [0.2, 0.25) is 5.91 Å². The largest absolute Gasteiger partial charge is 0.381 e. The van der Waals surface area contributed by atoms with Gasteiger partial charge in [0.15, 0.2) is 0 Å². The van der Waals surface area contributed by atoms with E-state index in [1.807, 2.05) is 6.07 Å². The molecule has 0 bridgehead atoms.